The second-order valence-electron chi connectivity index (χ2n) is 7.29. The normalized spacial score (nSPS) is 12.9. The molecule has 1 aromatic carbocycles. The van der Waals surface area contributed by atoms with Crippen LogP contribution in [-0.2, 0) is 11.1 Å². The van der Waals surface area contributed by atoms with Crippen LogP contribution in [0.2, 0.25) is 0 Å². The molecule has 0 bridgehead atoms. The van der Waals surface area contributed by atoms with Crippen molar-refractivity contribution < 1.29 is 18.3 Å². The third-order valence-corrected chi connectivity index (χ3v) is 6.20. The molecule has 2 aromatic heterocycles. The van der Waals surface area contributed by atoms with Crippen LogP contribution in [0.3, 0.4) is 0 Å². The maximum Gasteiger partial charge on any atom is 0.325 e. The molecule has 2 heterocycles. The highest BCUT2D eigenvalue weighted by atomic mass is 32.2. The number of hydrogen-bond donors (Lipinski definition) is 3. The van der Waals surface area contributed by atoms with E-state index in [4.69, 9.17) is 4.74 Å². The number of carbonyl (C=O) groups is 1. The van der Waals surface area contributed by atoms with Gasteiger partial charge in [-0.3, -0.25) is 10.3 Å². The number of thiazole rings is 1. The Kier molecular flexibility index (Phi) is 7.72. The van der Waals surface area contributed by atoms with Gasteiger partial charge in [-0.2, -0.15) is 0 Å². The van der Waals surface area contributed by atoms with Crippen LogP contribution >= 0.6 is 11.3 Å². The molecule has 3 rings (SSSR count). The van der Waals surface area contributed by atoms with E-state index in [1.54, 1.807) is 24.4 Å². The highest BCUT2D eigenvalue weighted by molar-refractivity contribution is 7.79. The van der Waals surface area contributed by atoms with Gasteiger partial charge in [0.1, 0.15) is 11.0 Å². The highest BCUT2D eigenvalue weighted by Crippen LogP contribution is 2.33. The smallest absolute Gasteiger partial charge is 0.325 e. The van der Waals surface area contributed by atoms with Crippen molar-refractivity contribution in [3.8, 4) is 5.75 Å². The van der Waals surface area contributed by atoms with Gasteiger partial charge in [0.2, 0.25) is 0 Å². The monoisotopic (exact) mass is 460 g/mol. The number of nitrogens with one attached hydrogen (secondary N) is 2. The summed E-state index contributed by atoms with van der Waals surface area (Å²) in [6.07, 6.45) is 4.61. The molecule has 8 nitrogen and oxygen atoms in total. The molecule has 0 radical (unpaired) electrons. The summed E-state index contributed by atoms with van der Waals surface area (Å²) in [5.41, 5.74) is 2.16. The Morgan fingerprint density at radius 1 is 1.26 bits per heavy atom. The Hall–Kier alpha value is -2.82. The Balaban J connectivity index is 1.71. The first-order chi connectivity index (χ1) is 14.8. The zero-order valence-corrected chi connectivity index (χ0v) is 19.0. The Morgan fingerprint density at radius 2 is 2.06 bits per heavy atom. The van der Waals surface area contributed by atoms with Crippen molar-refractivity contribution in [3.05, 3.63) is 64.9 Å². The van der Waals surface area contributed by atoms with Crippen molar-refractivity contribution in [3.63, 3.8) is 0 Å². The lowest BCUT2D eigenvalue weighted by Crippen LogP contribution is -2.20. The number of rotatable bonds is 8. The fourth-order valence-electron chi connectivity index (χ4n) is 2.74. The molecule has 0 aliphatic rings. The molecule has 10 heteroatoms. The van der Waals surface area contributed by atoms with Gasteiger partial charge in [-0.25, -0.2) is 14.0 Å². The summed E-state index contributed by atoms with van der Waals surface area (Å²) in [6.45, 7) is 6.58. The number of pyridine rings is 1. The maximum absolute atomic E-state index is 12.5. The second kappa shape index (κ2) is 10.5. The zero-order valence-electron chi connectivity index (χ0n) is 17.4. The third-order valence-electron chi connectivity index (χ3n) is 4.15. The van der Waals surface area contributed by atoms with E-state index < -0.39 is 22.4 Å². The van der Waals surface area contributed by atoms with Crippen LogP contribution in [0.5, 0.6) is 5.75 Å². The lowest BCUT2D eigenvalue weighted by molar-refractivity contribution is 0.260. The van der Waals surface area contributed by atoms with Gasteiger partial charge < -0.3 is 14.6 Å². The summed E-state index contributed by atoms with van der Waals surface area (Å²) in [5.74, 6) is 0.941. The molecule has 2 unspecified atom stereocenters. The van der Waals surface area contributed by atoms with E-state index in [0.29, 0.717) is 39.5 Å². The maximum atomic E-state index is 12.5. The van der Waals surface area contributed by atoms with Crippen molar-refractivity contribution >= 4 is 39.3 Å². The molecule has 0 fully saturated rings. The summed E-state index contributed by atoms with van der Waals surface area (Å²) in [6, 6.07) is 8.47. The van der Waals surface area contributed by atoms with E-state index in [-0.39, 0.29) is 0 Å². The molecule has 3 aromatic rings. The molecule has 0 saturated heterocycles. The first kappa shape index (κ1) is 22.9. The quantitative estimate of drug-likeness (QED) is 0.415. The van der Waals surface area contributed by atoms with Crippen LogP contribution in [0.25, 0.3) is 0 Å². The average molecular weight is 461 g/mol. The van der Waals surface area contributed by atoms with Crippen molar-refractivity contribution in [2.75, 3.05) is 17.2 Å². The minimum Gasteiger partial charge on any atom is -0.491 e. The summed E-state index contributed by atoms with van der Waals surface area (Å²) < 4.78 is 27.5. The van der Waals surface area contributed by atoms with Crippen molar-refractivity contribution in [1.82, 2.24) is 9.97 Å². The summed E-state index contributed by atoms with van der Waals surface area (Å²) in [4.78, 5) is 21.2. The molecule has 0 saturated carbocycles. The van der Waals surface area contributed by atoms with E-state index in [2.05, 4.69) is 20.6 Å². The molecule has 0 aliphatic carbocycles. The molecular weight excluding hydrogens is 436 g/mol. The van der Waals surface area contributed by atoms with Gasteiger partial charge in [-0.1, -0.05) is 37.3 Å². The minimum absolute atomic E-state index is 0.309. The molecule has 0 spiro atoms. The molecule has 164 valence electrons. The third kappa shape index (κ3) is 6.33. The number of ether oxygens (including phenoxy) is 1. The van der Waals surface area contributed by atoms with Crippen LogP contribution in [0.4, 0.5) is 15.6 Å². The van der Waals surface area contributed by atoms with Gasteiger partial charge in [-0.15, -0.1) is 0 Å². The topological polar surface area (TPSA) is 113 Å². The first-order valence-corrected chi connectivity index (χ1v) is 11.6. The molecule has 0 aliphatic heterocycles. The van der Waals surface area contributed by atoms with E-state index in [9.17, 15) is 13.6 Å². The zero-order chi connectivity index (χ0) is 22.4. The predicted molar refractivity (Wildman–Crippen MR) is 123 cm³/mol. The van der Waals surface area contributed by atoms with Crippen LogP contribution in [0.1, 0.15) is 35.1 Å². The largest absolute Gasteiger partial charge is 0.491 e. The molecule has 3 N–H and O–H groups in total. The summed E-state index contributed by atoms with van der Waals surface area (Å²) >= 11 is -1.03. The van der Waals surface area contributed by atoms with Crippen molar-refractivity contribution in [2.45, 2.75) is 26.0 Å². The minimum atomic E-state index is -2.16. The number of aryl methyl sites for hydroxylation is 1. The lowest BCUT2D eigenvalue weighted by Gasteiger charge is -2.14. The van der Waals surface area contributed by atoms with Crippen LogP contribution in [-0.4, -0.2) is 31.4 Å². The lowest BCUT2D eigenvalue weighted by atomic mass is 10.2. The number of benzene rings is 1. The number of nitrogens with zero attached hydrogens (tertiary/aromatic N) is 2. The van der Waals surface area contributed by atoms with Gasteiger partial charge in [0.25, 0.3) is 0 Å². The Labute approximate surface area is 187 Å². The SMILES string of the molecule is Cc1ccc(NC(=O)Nc2ncc(C(c3cccnc3)S(=O)O)s2)c(OCC(C)C)c1. The molecule has 2 amide bonds. The highest BCUT2D eigenvalue weighted by Gasteiger charge is 2.23. The second-order valence-corrected chi connectivity index (χ2v) is 9.38. The predicted octanol–water partition coefficient (Wildman–Crippen LogP) is 4.84. The standard InChI is InChI=1S/C21H24N4O4S2/c1-13(2)12-29-17-9-14(3)6-7-16(17)24-20(26)25-21-23-11-18(30-21)19(31(27)28)15-5-4-8-22-10-15/h4-11,13,19H,12H2,1-3H3,(H,27,28)(H2,23,24,25,26). The van der Waals surface area contributed by atoms with Gasteiger partial charge in [0.15, 0.2) is 16.2 Å². The fourth-order valence-corrected chi connectivity index (χ4v) is 4.58. The van der Waals surface area contributed by atoms with Crippen LogP contribution in [0, 0.1) is 12.8 Å². The Bertz CT molecular complexity index is 1060. The van der Waals surface area contributed by atoms with E-state index in [1.165, 1.54) is 12.4 Å². The van der Waals surface area contributed by atoms with E-state index in [1.807, 2.05) is 32.9 Å². The van der Waals surface area contributed by atoms with Crippen LogP contribution in [0.15, 0.2) is 48.9 Å². The average Bonchev–Trinajstić information content (AvgIpc) is 3.16. The van der Waals surface area contributed by atoms with Gasteiger partial charge in [0, 0.05) is 23.5 Å². The molecule has 2 atom stereocenters. The summed E-state index contributed by atoms with van der Waals surface area (Å²) in [7, 11) is 0. The molecule has 31 heavy (non-hydrogen) atoms. The number of hydrogen-bond acceptors (Lipinski definition) is 6. The summed E-state index contributed by atoms with van der Waals surface area (Å²) in [5, 5.41) is 4.96. The van der Waals surface area contributed by atoms with E-state index >= 15 is 0 Å². The van der Waals surface area contributed by atoms with Crippen molar-refractivity contribution in [1.29, 1.82) is 0 Å². The number of anilines is 2. The van der Waals surface area contributed by atoms with Gasteiger partial charge >= 0.3 is 6.03 Å². The fraction of sp³-hybridized carbons (Fsp3) is 0.286. The Morgan fingerprint density at radius 3 is 2.74 bits per heavy atom. The van der Waals surface area contributed by atoms with Gasteiger partial charge in [-0.05, 0) is 42.2 Å². The number of aromatic nitrogens is 2. The van der Waals surface area contributed by atoms with E-state index in [0.717, 1.165) is 16.9 Å². The molecular formula is C21H24N4O4S2. The van der Waals surface area contributed by atoms with Crippen LogP contribution < -0.4 is 15.4 Å². The number of urea groups is 1. The van der Waals surface area contributed by atoms with Crippen molar-refractivity contribution in [2.24, 2.45) is 5.92 Å². The number of amides is 2. The van der Waals surface area contributed by atoms with Gasteiger partial charge in [0.05, 0.1) is 12.3 Å². The number of carbonyl (C=O) groups excluding carboxylic acids is 1. The first-order valence-electron chi connectivity index (χ1n) is 9.60.